The molecule has 0 aliphatic rings. The molecule has 0 atom stereocenters. The van der Waals surface area contributed by atoms with Crippen LogP contribution in [0.4, 0.5) is 0 Å². The number of aryl methyl sites for hydroxylation is 1. The van der Waals surface area contributed by atoms with Gasteiger partial charge in [-0.05, 0) is 18.4 Å². The van der Waals surface area contributed by atoms with Crippen LogP contribution in [0, 0.1) is 0 Å². The molecule has 0 amide bonds. The third-order valence-corrected chi connectivity index (χ3v) is 2.97. The summed E-state index contributed by atoms with van der Waals surface area (Å²) in [5.74, 6) is 0.818. The lowest BCUT2D eigenvalue weighted by atomic mass is 10.1. The molecule has 5 nitrogen and oxygen atoms in total. The van der Waals surface area contributed by atoms with Gasteiger partial charge in [0.1, 0.15) is 0 Å². The largest absolute Gasteiger partial charge is 0.382 e. The van der Waals surface area contributed by atoms with Gasteiger partial charge in [-0.2, -0.15) is 0 Å². The Morgan fingerprint density at radius 3 is 2.52 bits per heavy atom. The molecule has 2 N–H and O–H groups in total. The first-order chi connectivity index (χ1) is 10.4. The van der Waals surface area contributed by atoms with Crippen molar-refractivity contribution < 1.29 is 9.47 Å². The summed E-state index contributed by atoms with van der Waals surface area (Å²) in [4.78, 5) is 4.18. The topological polar surface area (TPSA) is 54.9 Å². The quantitative estimate of drug-likeness (QED) is 0.389. The SMILES string of the molecule is CN=C(NCCCc1ccccc1)NCCOCCOC. The fourth-order valence-electron chi connectivity index (χ4n) is 1.85. The van der Waals surface area contributed by atoms with Crippen molar-refractivity contribution in [3.05, 3.63) is 35.9 Å². The van der Waals surface area contributed by atoms with E-state index in [-0.39, 0.29) is 0 Å². The van der Waals surface area contributed by atoms with E-state index in [0.717, 1.165) is 31.9 Å². The molecule has 0 bridgehead atoms. The van der Waals surface area contributed by atoms with Gasteiger partial charge in [0.2, 0.25) is 0 Å². The molecule has 0 aromatic heterocycles. The summed E-state index contributed by atoms with van der Waals surface area (Å²) >= 11 is 0. The Hall–Kier alpha value is -1.59. The van der Waals surface area contributed by atoms with E-state index < -0.39 is 0 Å². The Morgan fingerprint density at radius 2 is 1.81 bits per heavy atom. The molecular weight excluding hydrogens is 266 g/mol. The molecule has 0 unspecified atom stereocenters. The van der Waals surface area contributed by atoms with Crippen LogP contribution in [0.3, 0.4) is 0 Å². The zero-order valence-electron chi connectivity index (χ0n) is 13.1. The van der Waals surface area contributed by atoms with Gasteiger partial charge in [0.15, 0.2) is 5.96 Å². The first kappa shape index (κ1) is 17.5. The van der Waals surface area contributed by atoms with Crippen molar-refractivity contribution in [2.75, 3.05) is 47.1 Å². The van der Waals surface area contributed by atoms with Crippen LogP contribution in [0.25, 0.3) is 0 Å². The summed E-state index contributed by atoms with van der Waals surface area (Å²) in [5, 5.41) is 6.52. The lowest BCUT2D eigenvalue weighted by Crippen LogP contribution is -2.39. The number of hydrogen-bond donors (Lipinski definition) is 2. The molecular formula is C16H27N3O2. The van der Waals surface area contributed by atoms with Gasteiger partial charge in [0.05, 0.1) is 19.8 Å². The summed E-state index contributed by atoms with van der Waals surface area (Å²) in [5.41, 5.74) is 1.37. The van der Waals surface area contributed by atoms with E-state index in [4.69, 9.17) is 9.47 Å². The molecule has 0 aliphatic carbocycles. The van der Waals surface area contributed by atoms with E-state index >= 15 is 0 Å². The first-order valence-electron chi connectivity index (χ1n) is 7.42. The van der Waals surface area contributed by atoms with Gasteiger partial charge in [0.25, 0.3) is 0 Å². The number of guanidine groups is 1. The molecule has 0 fully saturated rings. The third-order valence-electron chi connectivity index (χ3n) is 2.97. The normalized spacial score (nSPS) is 11.4. The van der Waals surface area contributed by atoms with Crippen molar-refractivity contribution in [1.82, 2.24) is 10.6 Å². The molecule has 1 rings (SSSR count). The smallest absolute Gasteiger partial charge is 0.191 e. The zero-order valence-corrected chi connectivity index (χ0v) is 13.1. The lowest BCUT2D eigenvalue weighted by Gasteiger charge is -2.12. The van der Waals surface area contributed by atoms with Gasteiger partial charge in [-0.3, -0.25) is 4.99 Å². The number of nitrogens with zero attached hydrogens (tertiary/aromatic N) is 1. The molecule has 0 saturated carbocycles. The van der Waals surface area contributed by atoms with E-state index in [1.165, 1.54) is 5.56 Å². The highest BCUT2D eigenvalue weighted by Crippen LogP contribution is 2.01. The standard InChI is InChI=1S/C16H27N3O2/c1-17-16(19-11-12-21-14-13-20-2)18-10-6-9-15-7-4-3-5-8-15/h3-5,7-8H,6,9-14H2,1-2H3,(H2,17,18,19). The average molecular weight is 293 g/mol. The summed E-state index contributed by atoms with van der Waals surface area (Å²) in [6, 6.07) is 10.5. The van der Waals surface area contributed by atoms with Crippen molar-refractivity contribution in [3.8, 4) is 0 Å². The third kappa shape index (κ3) is 9.05. The molecule has 0 heterocycles. The number of hydrogen-bond acceptors (Lipinski definition) is 3. The van der Waals surface area contributed by atoms with Crippen LogP contribution in [0.1, 0.15) is 12.0 Å². The van der Waals surface area contributed by atoms with Crippen molar-refractivity contribution in [3.63, 3.8) is 0 Å². The summed E-state index contributed by atoms with van der Waals surface area (Å²) in [7, 11) is 3.45. The molecule has 1 aromatic rings. The summed E-state index contributed by atoms with van der Waals surface area (Å²) in [6.07, 6.45) is 2.15. The minimum Gasteiger partial charge on any atom is -0.382 e. The second-order valence-corrected chi connectivity index (χ2v) is 4.62. The fraction of sp³-hybridized carbons (Fsp3) is 0.562. The molecule has 118 valence electrons. The Morgan fingerprint density at radius 1 is 1.05 bits per heavy atom. The maximum Gasteiger partial charge on any atom is 0.191 e. The predicted molar refractivity (Wildman–Crippen MR) is 86.8 cm³/mol. The van der Waals surface area contributed by atoms with Crippen LogP contribution < -0.4 is 10.6 Å². The fourth-order valence-corrected chi connectivity index (χ4v) is 1.85. The highest BCUT2D eigenvalue weighted by molar-refractivity contribution is 5.79. The summed E-state index contributed by atoms with van der Waals surface area (Å²) in [6.45, 7) is 3.54. The number of aliphatic imine (C=N–C) groups is 1. The molecule has 5 heteroatoms. The monoisotopic (exact) mass is 293 g/mol. The predicted octanol–water partition coefficient (Wildman–Crippen LogP) is 1.45. The van der Waals surface area contributed by atoms with Crippen molar-refractivity contribution in [2.45, 2.75) is 12.8 Å². The number of ether oxygens (including phenoxy) is 2. The zero-order chi connectivity index (χ0) is 15.2. The van der Waals surface area contributed by atoms with Crippen molar-refractivity contribution in [2.24, 2.45) is 4.99 Å². The molecule has 21 heavy (non-hydrogen) atoms. The van der Waals surface area contributed by atoms with Crippen LogP contribution in [0.5, 0.6) is 0 Å². The van der Waals surface area contributed by atoms with E-state index in [1.54, 1.807) is 14.2 Å². The molecule has 0 radical (unpaired) electrons. The Bertz CT molecular complexity index is 382. The minimum atomic E-state index is 0.626. The van der Waals surface area contributed by atoms with Gasteiger partial charge in [0, 0.05) is 27.2 Å². The highest BCUT2D eigenvalue weighted by atomic mass is 16.5. The van der Waals surface area contributed by atoms with Crippen LogP contribution in [-0.2, 0) is 15.9 Å². The van der Waals surface area contributed by atoms with E-state index in [2.05, 4.69) is 39.9 Å². The highest BCUT2D eigenvalue weighted by Gasteiger charge is 1.97. The minimum absolute atomic E-state index is 0.626. The molecule has 0 spiro atoms. The first-order valence-corrected chi connectivity index (χ1v) is 7.42. The average Bonchev–Trinajstić information content (AvgIpc) is 2.53. The molecule has 0 saturated heterocycles. The molecule has 0 aliphatic heterocycles. The number of methoxy groups -OCH3 is 1. The van der Waals surface area contributed by atoms with Crippen LogP contribution in [0.15, 0.2) is 35.3 Å². The summed E-state index contributed by atoms with van der Waals surface area (Å²) < 4.78 is 10.3. The van der Waals surface area contributed by atoms with E-state index in [1.807, 2.05) is 6.07 Å². The Labute approximate surface area is 127 Å². The van der Waals surface area contributed by atoms with Crippen LogP contribution >= 0.6 is 0 Å². The van der Waals surface area contributed by atoms with Crippen LogP contribution in [-0.4, -0.2) is 53.0 Å². The van der Waals surface area contributed by atoms with E-state index in [9.17, 15) is 0 Å². The van der Waals surface area contributed by atoms with Gasteiger partial charge in [-0.1, -0.05) is 30.3 Å². The maximum atomic E-state index is 5.38. The Kier molecular flexibility index (Phi) is 10.1. The number of nitrogens with one attached hydrogen (secondary N) is 2. The molecule has 1 aromatic carbocycles. The lowest BCUT2D eigenvalue weighted by molar-refractivity contribution is 0.0733. The maximum absolute atomic E-state index is 5.38. The second kappa shape index (κ2) is 12.2. The van der Waals surface area contributed by atoms with Gasteiger partial charge >= 0.3 is 0 Å². The van der Waals surface area contributed by atoms with E-state index in [0.29, 0.717) is 19.8 Å². The van der Waals surface area contributed by atoms with Gasteiger partial charge in [-0.25, -0.2) is 0 Å². The van der Waals surface area contributed by atoms with Gasteiger partial charge < -0.3 is 20.1 Å². The van der Waals surface area contributed by atoms with Gasteiger partial charge in [-0.15, -0.1) is 0 Å². The van der Waals surface area contributed by atoms with Crippen molar-refractivity contribution in [1.29, 1.82) is 0 Å². The van der Waals surface area contributed by atoms with Crippen molar-refractivity contribution >= 4 is 5.96 Å². The number of benzene rings is 1. The Balaban J connectivity index is 2.03. The second-order valence-electron chi connectivity index (χ2n) is 4.62. The van der Waals surface area contributed by atoms with Crippen LogP contribution in [0.2, 0.25) is 0 Å². The number of rotatable bonds is 10.